The van der Waals surface area contributed by atoms with E-state index in [1.807, 2.05) is 29.6 Å². The number of nitrogens with zero attached hydrogens (tertiary/aromatic N) is 3. The van der Waals surface area contributed by atoms with E-state index in [9.17, 15) is 4.79 Å². The maximum Gasteiger partial charge on any atom is 0.271 e. The lowest BCUT2D eigenvalue weighted by Gasteiger charge is -2.05. The smallest absolute Gasteiger partial charge is 0.271 e. The first kappa shape index (κ1) is 13.9. The fourth-order valence-corrected chi connectivity index (χ4v) is 4.94. The number of aromatic nitrogens is 3. The molecule has 110 valence electrons. The van der Waals surface area contributed by atoms with Crippen molar-refractivity contribution in [2.45, 2.75) is 10.9 Å². The van der Waals surface area contributed by atoms with E-state index < -0.39 is 0 Å². The van der Waals surface area contributed by atoms with Crippen LogP contribution in [0, 0.1) is 0 Å². The number of thioether (sulfide) groups is 1. The molecule has 0 radical (unpaired) electrons. The topological polar surface area (TPSA) is 47.8 Å². The monoisotopic (exact) mass is 345 g/mol. The van der Waals surface area contributed by atoms with Crippen LogP contribution in [0.1, 0.15) is 5.01 Å². The molecule has 0 aliphatic rings. The first-order valence-corrected chi connectivity index (χ1v) is 9.32. The van der Waals surface area contributed by atoms with Gasteiger partial charge in [-0.2, -0.15) is 0 Å². The predicted octanol–water partition coefficient (Wildman–Crippen LogP) is 3.90. The van der Waals surface area contributed by atoms with Gasteiger partial charge in [0.1, 0.15) is 9.71 Å². The number of hydrogen-bond donors (Lipinski definition) is 0. The summed E-state index contributed by atoms with van der Waals surface area (Å²) in [5.41, 5.74) is 1.82. The van der Waals surface area contributed by atoms with Crippen molar-refractivity contribution in [3.05, 3.63) is 51.1 Å². The van der Waals surface area contributed by atoms with E-state index in [0.717, 1.165) is 27.0 Å². The van der Waals surface area contributed by atoms with E-state index in [2.05, 4.69) is 16.0 Å². The number of thiophene rings is 1. The summed E-state index contributed by atoms with van der Waals surface area (Å²) in [5, 5.41) is 3.68. The molecule has 0 unspecified atom stereocenters. The number of benzene rings is 1. The van der Waals surface area contributed by atoms with E-state index in [1.54, 1.807) is 34.7 Å². The molecule has 0 aliphatic heterocycles. The van der Waals surface area contributed by atoms with Crippen LogP contribution in [-0.4, -0.2) is 14.5 Å². The van der Waals surface area contributed by atoms with Gasteiger partial charge in [0.2, 0.25) is 0 Å². The maximum absolute atomic E-state index is 12.3. The van der Waals surface area contributed by atoms with Crippen molar-refractivity contribution in [3.8, 4) is 0 Å². The average Bonchev–Trinajstić information content (AvgIpc) is 3.15. The summed E-state index contributed by atoms with van der Waals surface area (Å²) in [6.07, 6.45) is 0. The molecule has 0 fully saturated rings. The largest absolute Gasteiger partial charge is 0.290 e. The lowest BCUT2D eigenvalue weighted by atomic mass is 10.3. The molecular weight excluding hydrogens is 334 g/mol. The zero-order valence-corrected chi connectivity index (χ0v) is 14.1. The third-order valence-corrected chi connectivity index (χ3v) is 6.46. The summed E-state index contributed by atoms with van der Waals surface area (Å²) < 4.78 is 3.52. The highest BCUT2D eigenvalue weighted by molar-refractivity contribution is 7.98. The summed E-state index contributed by atoms with van der Waals surface area (Å²) in [6, 6.07) is 10.0. The second-order valence-corrected chi connectivity index (χ2v) is 7.73. The quantitative estimate of drug-likeness (QED) is 0.417. The van der Waals surface area contributed by atoms with Gasteiger partial charge in [-0.1, -0.05) is 23.9 Å². The molecule has 4 nitrogen and oxygen atoms in total. The van der Waals surface area contributed by atoms with Gasteiger partial charge in [-0.05, 0) is 23.6 Å². The maximum atomic E-state index is 12.3. The van der Waals surface area contributed by atoms with Gasteiger partial charge in [0.05, 0.1) is 21.5 Å². The Bertz CT molecular complexity index is 998. The molecule has 0 atom stereocenters. The highest BCUT2D eigenvalue weighted by Gasteiger charge is 2.11. The van der Waals surface area contributed by atoms with Crippen LogP contribution in [0.15, 0.2) is 45.7 Å². The zero-order chi connectivity index (χ0) is 15.1. The van der Waals surface area contributed by atoms with E-state index >= 15 is 0 Å². The van der Waals surface area contributed by atoms with E-state index in [0.29, 0.717) is 4.70 Å². The Balaban J connectivity index is 1.66. The Morgan fingerprint density at radius 1 is 1.18 bits per heavy atom. The van der Waals surface area contributed by atoms with Crippen molar-refractivity contribution in [2.24, 2.45) is 7.05 Å². The molecular formula is C15H11N3OS3. The second kappa shape index (κ2) is 5.49. The second-order valence-electron chi connectivity index (χ2n) is 4.76. The van der Waals surface area contributed by atoms with E-state index in [-0.39, 0.29) is 5.56 Å². The number of rotatable bonds is 3. The summed E-state index contributed by atoms with van der Waals surface area (Å²) in [5.74, 6) is 0.718. The molecule has 3 heterocycles. The SMILES string of the molecule is Cn1c(SCc2nc3ccccc3s2)nc2ccsc2c1=O. The van der Waals surface area contributed by atoms with Gasteiger partial charge in [-0.15, -0.1) is 22.7 Å². The van der Waals surface area contributed by atoms with Crippen molar-refractivity contribution in [3.63, 3.8) is 0 Å². The minimum Gasteiger partial charge on any atom is -0.290 e. The molecule has 0 saturated carbocycles. The first-order valence-electron chi connectivity index (χ1n) is 6.64. The van der Waals surface area contributed by atoms with Crippen molar-refractivity contribution in [1.29, 1.82) is 0 Å². The van der Waals surface area contributed by atoms with Crippen LogP contribution in [0.25, 0.3) is 20.4 Å². The standard InChI is InChI=1S/C15H11N3OS3/c1-18-14(19)13-10(6-7-20-13)17-15(18)21-8-12-16-9-4-2-3-5-11(9)22-12/h2-7H,8H2,1H3. The van der Waals surface area contributed by atoms with Crippen LogP contribution < -0.4 is 5.56 Å². The molecule has 0 spiro atoms. The molecule has 4 aromatic rings. The van der Waals surface area contributed by atoms with Crippen molar-refractivity contribution in [2.75, 3.05) is 0 Å². The van der Waals surface area contributed by atoms with Crippen LogP contribution in [0.5, 0.6) is 0 Å². The van der Waals surface area contributed by atoms with E-state index in [1.165, 1.54) is 16.0 Å². The summed E-state index contributed by atoms with van der Waals surface area (Å²) in [6.45, 7) is 0. The molecule has 22 heavy (non-hydrogen) atoms. The fraction of sp³-hybridized carbons (Fsp3) is 0.133. The Morgan fingerprint density at radius 3 is 2.91 bits per heavy atom. The molecule has 7 heteroatoms. The summed E-state index contributed by atoms with van der Waals surface area (Å²) in [7, 11) is 1.77. The molecule has 0 amide bonds. The average molecular weight is 345 g/mol. The molecule has 0 N–H and O–H groups in total. The van der Waals surface area contributed by atoms with Gasteiger partial charge in [-0.25, -0.2) is 9.97 Å². The van der Waals surface area contributed by atoms with Gasteiger partial charge in [0.25, 0.3) is 5.56 Å². The number of fused-ring (bicyclic) bond motifs is 2. The van der Waals surface area contributed by atoms with Crippen LogP contribution in [0.4, 0.5) is 0 Å². The molecule has 0 bridgehead atoms. The Kier molecular flexibility index (Phi) is 3.48. The first-order chi connectivity index (χ1) is 10.7. The van der Waals surface area contributed by atoms with Crippen LogP contribution >= 0.6 is 34.4 Å². The van der Waals surface area contributed by atoms with Gasteiger partial charge < -0.3 is 0 Å². The molecule has 0 aliphatic carbocycles. The minimum atomic E-state index is 0.0202. The lowest BCUT2D eigenvalue weighted by molar-refractivity contribution is 0.728. The third-order valence-electron chi connectivity index (χ3n) is 3.31. The van der Waals surface area contributed by atoms with Gasteiger partial charge >= 0.3 is 0 Å². The molecule has 4 rings (SSSR count). The van der Waals surface area contributed by atoms with Gasteiger partial charge in [-0.3, -0.25) is 9.36 Å². The zero-order valence-electron chi connectivity index (χ0n) is 11.6. The highest BCUT2D eigenvalue weighted by Crippen LogP contribution is 2.28. The predicted molar refractivity (Wildman–Crippen MR) is 94.0 cm³/mol. The minimum absolute atomic E-state index is 0.0202. The number of thiazole rings is 1. The van der Waals surface area contributed by atoms with E-state index in [4.69, 9.17) is 0 Å². The Labute approximate surface area is 138 Å². The fourth-order valence-electron chi connectivity index (χ4n) is 2.20. The normalized spacial score (nSPS) is 11.5. The van der Waals surface area contributed by atoms with Crippen molar-refractivity contribution >= 4 is 54.9 Å². The number of hydrogen-bond acceptors (Lipinski definition) is 6. The Morgan fingerprint density at radius 2 is 2.05 bits per heavy atom. The van der Waals surface area contributed by atoms with Gasteiger partial charge in [0, 0.05) is 7.05 Å². The molecule has 0 saturated heterocycles. The third kappa shape index (κ3) is 2.35. The summed E-state index contributed by atoms with van der Waals surface area (Å²) >= 11 is 4.68. The Hall–Kier alpha value is -1.70. The van der Waals surface area contributed by atoms with Crippen LogP contribution in [-0.2, 0) is 12.8 Å². The van der Waals surface area contributed by atoms with Crippen LogP contribution in [0.3, 0.4) is 0 Å². The highest BCUT2D eigenvalue weighted by atomic mass is 32.2. The van der Waals surface area contributed by atoms with Crippen molar-refractivity contribution < 1.29 is 0 Å². The van der Waals surface area contributed by atoms with Crippen LogP contribution in [0.2, 0.25) is 0 Å². The molecule has 3 aromatic heterocycles. The summed E-state index contributed by atoms with van der Waals surface area (Å²) in [4.78, 5) is 21.5. The lowest BCUT2D eigenvalue weighted by Crippen LogP contribution is -2.18. The molecule has 1 aromatic carbocycles. The van der Waals surface area contributed by atoms with Gasteiger partial charge in [0.15, 0.2) is 5.16 Å². The number of para-hydroxylation sites is 1. The van der Waals surface area contributed by atoms with Crippen molar-refractivity contribution in [1.82, 2.24) is 14.5 Å².